The smallest absolute Gasteiger partial charge is 0.245 e. The average molecular weight is 276 g/mol. The maximum Gasteiger partial charge on any atom is 0.245 e. The zero-order chi connectivity index (χ0) is 14.6. The Bertz CT molecular complexity index is 485. The minimum Gasteiger partial charge on any atom is -0.493 e. The Morgan fingerprint density at radius 1 is 1.35 bits per heavy atom. The maximum absolute atomic E-state index is 12.2. The van der Waals surface area contributed by atoms with Crippen LogP contribution in [0.5, 0.6) is 5.75 Å². The van der Waals surface area contributed by atoms with Crippen molar-refractivity contribution in [1.82, 2.24) is 10.2 Å². The zero-order valence-electron chi connectivity index (χ0n) is 11.9. The molecule has 2 rings (SSSR count). The van der Waals surface area contributed by atoms with Crippen LogP contribution in [0.4, 0.5) is 0 Å². The van der Waals surface area contributed by atoms with Crippen LogP contribution in [0.25, 0.3) is 0 Å². The van der Waals surface area contributed by atoms with Crippen LogP contribution in [0.1, 0.15) is 20.3 Å². The summed E-state index contributed by atoms with van der Waals surface area (Å²) in [6.07, 6.45) is 0.269. The number of carbonyl (C=O) groups excluding carboxylic acids is 2. The molecule has 0 aromatic heterocycles. The van der Waals surface area contributed by atoms with Gasteiger partial charge in [-0.3, -0.25) is 9.59 Å². The Labute approximate surface area is 118 Å². The minimum atomic E-state index is -0.790. The van der Waals surface area contributed by atoms with Crippen molar-refractivity contribution in [2.24, 2.45) is 0 Å². The number of nitrogens with zero attached hydrogens (tertiary/aromatic N) is 1. The predicted molar refractivity (Wildman–Crippen MR) is 75.4 cm³/mol. The number of benzene rings is 1. The summed E-state index contributed by atoms with van der Waals surface area (Å²) in [5.41, 5.74) is -0.790. The van der Waals surface area contributed by atoms with E-state index < -0.39 is 5.54 Å². The second kappa shape index (κ2) is 5.94. The lowest BCUT2D eigenvalue weighted by Crippen LogP contribution is -2.63. The van der Waals surface area contributed by atoms with Gasteiger partial charge in [0.25, 0.3) is 0 Å². The third-order valence-electron chi connectivity index (χ3n) is 3.48. The van der Waals surface area contributed by atoms with E-state index in [2.05, 4.69) is 5.32 Å². The molecule has 20 heavy (non-hydrogen) atoms. The van der Waals surface area contributed by atoms with Crippen LogP contribution < -0.4 is 10.1 Å². The Kier molecular flexibility index (Phi) is 4.27. The molecule has 0 spiro atoms. The second-order valence-electron chi connectivity index (χ2n) is 5.27. The van der Waals surface area contributed by atoms with Crippen molar-refractivity contribution in [3.05, 3.63) is 30.3 Å². The Balaban J connectivity index is 1.87. The first-order chi connectivity index (χ1) is 9.51. The van der Waals surface area contributed by atoms with Gasteiger partial charge in [0.15, 0.2) is 0 Å². The summed E-state index contributed by atoms with van der Waals surface area (Å²) < 4.78 is 5.51. The van der Waals surface area contributed by atoms with E-state index in [0.29, 0.717) is 19.7 Å². The largest absolute Gasteiger partial charge is 0.493 e. The first kappa shape index (κ1) is 14.4. The van der Waals surface area contributed by atoms with E-state index in [0.717, 1.165) is 5.75 Å². The fraction of sp³-hybridized carbons (Fsp3) is 0.467. The van der Waals surface area contributed by atoms with E-state index in [1.54, 1.807) is 18.7 Å². The fourth-order valence-electron chi connectivity index (χ4n) is 2.24. The quantitative estimate of drug-likeness (QED) is 0.898. The third-order valence-corrected chi connectivity index (χ3v) is 3.48. The molecule has 2 amide bonds. The molecule has 0 unspecified atom stereocenters. The normalized spacial score (nSPS) is 17.5. The summed E-state index contributed by atoms with van der Waals surface area (Å²) >= 11 is 0. The molecule has 1 aromatic carbocycles. The van der Waals surface area contributed by atoms with Crippen LogP contribution in [0.3, 0.4) is 0 Å². The van der Waals surface area contributed by atoms with E-state index in [1.807, 2.05) is 30.3 Å². The van der Waals surface area contributed by atoms with Crippen molar-refractivity contribution in [2.75, 3.05) is 19.7 Å². The molecule has 1 aromatic rings. The lowest BCUT2D eigenvalue weighted by atomic mass is 9.98. The number of hydrogen-bond acceptors (Lipinski definition) is 3. The highest BCUT2D eigenvalue weighted by Crippen LogP contribution is 2.19. The van der Waals surface area contributed by atoms with E-state index in [4.69, 9.17) is 4.74 Å². The number of nitrogens with one attached hydrogen (secondary N) is 1. The molecule has 108 valence electrons. The van der Waals surface area contributed by atoms with Gasteiger partial charge in [-0.2, -0.15) is 0 Å². The lowest BCUT2D eigenvalue weighted by Gasteiger charge is -2.41. The zero-order valence-corrected chi connectivity index (χ0v) is 11.9. The maximum atomic E-state index is 12.2. The number of para-hydroxylation sites is 1. The van der Waals surface area contributed by atoms with Gasteiger partial charge in [0.05, 0.1) is 13.0 Å². The van der Waals surface area contributed by atoms with Gasteiger partial charge < -0.3 is 15.0 Å². The van der Waals surface area contributed by atoms with Crippen molar-refractivity contribution < 1.29 is 14.3 Å². The van der Waals surface area contributed by atoms with Gasteiger partial charge in [-0.05, 0) is 26.0 Å². The second-order valence-corrected chi connectivity index (χ2v) is 5.27. The number of amides is 2. The van der Waals surface area contributed by atoms with Crippen LogP contribution in [0.15, 0.2) is 30.3 Å². The highest BCUT2D eigenvalue weighted by atomic mass is 16.5. The molecule has 0 atom stereocenters. The van der Waals surface area contributed by atoms with Crippen LogP contribution >= 0.6 is 0 Å². The monoisotopic (exact) mass is 276 g/mol. The summed E-state index contributed by atoms with van der Waals surface area (Å²) in [5, 5.41) is 2.78. The summed E-state index contributed by atoms with van der Waals surface area (Å²) in [4.78, 5) is 25.6. The summed E-state index contributed by atoms with van der Waals surface area (Å²) in [7, 11) is 0. The van der Waals surface area contributed by atoms with Crippen LogP contribution in [0, 0.1) is 0 Å². The van der Waals surface area contributed by atoms with Gasteiger partial charge in [0, 0.05) is 13.1 Å². The summed E-state index contributed by atoms with van der Waals surface area (Å²) in [6, 6.07) is 9.38. The third kappa shape index (κ3) is 3.10. The van der Waals surface area contributed by atoms with Crippen molar-refractivity contribution in [3.63, 3.8) is 0 Å². The molecule has 1 N–H and O–H groups in total. The van der Waals surface area contributed by atoms with E-state index in [9.17, 15) is 9.59 Å². The van der Waals surface area contributed by atoms with Crippen LogP contribution in [-0.4, -0.2) is 41.9 Å². The molecule has 0 saturated carbocycles. The summed E-state index contributed by atoms with van der Waals surface area (Å²) in [5.74, 6) is 0.581. The van der Waals surface area contributed by atoms with Crippen molar-refractivity contribution >= 4 is 11.8 Å². The molecule has 1 aliphatic rings. The number of rotatable bonds is 4. The standard InChI is InChI=1S/C15H20N2O3/c1-15(2)14(19)16-9-10-17(15)13(18)8-11-20-12-6-4-3-5-7-12/h3-7H,8-11H2,1-2H3,(H,16,19). The van der Waals surface area contributed by atoms with Gasteiger partial charge in [-0.25, -0.2) is 0 Å². The van der Waals surface area contributed by atoms with Crippen molar-refractivity contribution in [3.8, 4) is 5.75 Å². The van der Waals surface area contributed by atoms with Crippen LogP contribution in [-0.2, 0) is 9.59 Å². The molecule has 5 heteroatoms. The predicted octanol–water partition coefficient (Wildman–Crippen LogP) is 1.19. The fourth-order valence-corrected chi connectivity index (χ4v) is 2.24. The molecule has 0 bridgehead atoms. The van der Waals surface area contributed by atoms with Gasteiger partial charge >= 0.3 is 0 Å². The minimum absolute atomic E-state index is 0.0548. The number of carbonyl (C=O) groups is 2. The van der Waals surface area contributed by atoms with Crippen molar-refractivity contribution in [1.29, 1.82) is 0 Å². The van der Waals surface area contributed by atoms with E-state index >= 15 is 0 Å². The van der Waals surface area contributed by atoms with Gasteiger partial charge in [-0.15, -0.1) is 0 Å². The van der Waals surface area contributed by atoms with E-state index in [-0.39, 0.29) is 18.2 Å². The Morgan fingerprint density at radius 2 is 2.05 bits per heavy atom. The average Bonchev–Trinajstić information content (AvgIpc) is 2.43. The molecule has 1 fully saturated rings. The molecule has 5 nitrogen and oxygen atoms in total. The van der Waals surface area contributed by atoms with Gasteiger partial charge in [0.2, 0.25) is 11.8 Å². The molecular formula is C15H20N2O3. The highest BCUT2D eigenvalue weighted by Gasteiger charge is 2.39. The van der Waals surface area contributed by atoms with Crippen molar-refractivity contribution in [2.45, 2.75) is 25.8 Å². The number of hydrogen-bond donors (Lipinski definition) is 1. The molecule has 0 radical (unpaired) electrons. The van der Waals surface area contributed by atoms with Gasteiger partial charge in [0.1, 0.15) is 11.3 Å². The SMILES string of the molecule is CC1(C)C(=O)NCCN1C(=O)CCOc1ccccc1. The van der Waals surface area contributed by atoms with Gasteiger partial charge in [-0.1, -0.05) is 18.2 Å². The Hall–Kier alpha value is -2.04. The lowest BCUT2D eigenvalue weighted by molar-refractivity contribution is -0.149. The van der Waals surface area contributed by atoms with Crippen LogP contribution in [0.2, 0.25) is 0 Å². The topological polar surface area (TPSA) is 58.6 Å². The summed E-state index contributed by atoms with van der Waals surface area (Å²) in [6.45, 7) is 4.89. The molecule has 1 saturated heterocycles. The first-order valence-electron chi connectivity index (χ1n) is 6.78. The molecule has 1 heterocycles. The molecule has 0 aliphatic carbocycles. The Morgan fingerprint density at radius 3 is 2.75 bits per heavy atom. The highest BCUT2D eigenvalue weighted by molar-refractivity contribution is 5.91. The number of piperazine rings is 1. The molecule has 1 aliphatic heterocycles. The molecular weight excluding hydrogens is 256 g/mol. The van der Waals surface area contributed by atoms with E-state index in [1.165, 1.54) is 0 Å². The first-order valence-corrected chi connectivity index (χ1v) is 6.78. The number of ether oxygens (including phenoxy) is 1.